The normalized spacial score (nSPS) is 11.8. The van der Waals surface area contributed by atoms with Crippen LogP contribution in [0.15, 0.2) is 24.3 Å². The largest absolute Gasteiger partial charge is 0.0914 e. The third-order valence-electron chi connectivity index (χ3n) is 1.90. The molecule has 0 radical (unpaired) electrons. The molecular weight excluding hydrogens is 144 g/mol. The third kappa shape index (κ3) is 9.48. The number of rotatable bonds is 7. The summed E-state index contributed by atoms with van der Waals surface area (Å²) in [6.45, 7) is 4.32. The van der Waals surface area contributed by atoms with Gasteiger partial charge in [0, 0.05) is 0 Å². The Hall–Kier alpha value is -0.520. The zero-order valence-electron chi connectivity index (χ0n) is 8.55. The van der Waals surface area contributed by atoms with E-state index in [1.54, 1.807) is 0 Å². The van der Waals surface area contributed by atoms with Gasteiger partial charge in [-0.3, -0.25) is 0 Å². The summed E-state index contributed by atoms with van der Waals surface area (Å²) in [6, 6.07) is 0. The molecule has 12 heavy (non-hydrogen) atoms. The predicted octanol–water partition coefficient (Wildman–Crippen LogP) is 4.48. The fourth-order valence-electron chi connectivity index (χ4n) is 1.12. The molecule has 70 valence electrons. The van der Waals surface area contributed by atoms with Crippen molar-refractivity contribution in [2.45, 2.75) is 52.4 Å². The van der Waals surface area contributed by atoms with Crippen molar-refractivity contribution in [1.29, 1.82) is 0 Å². The van der Waals surface area contributed by atoms with E-state index in [2.05, 4.69) is 38.2 Å². The molecular formula is C12H22. The molecule has 0 atom stereocenters. The lowest BCUT2D eigenvalue weighted by molar-refractivity contribution is 0.674. The van der Waals surface area contributed by atoms with Gasteiger partial charge in [0.15, 0.2) is 0 Å². The van der Waals surface area contributed by atoms with Crippen LogP contribution in [0.5, 0.6) is 0 Å². The molecule has 0 aliphatic carbocycles. The van der Waals surface area contributed by atoms with Gasteiger partial charge in [-0.1, -0.05) is 50.5 Å². The molecule has 0 heterocycles. The van der Waals surface area contributed by atoms with Crippen molar-refractivity contribution < 1.29 is 0 Å². The monoisotopic (exact) mass is 166 g/mol. The van der Waals surface area contributed by atoms with E-state index >= 15 is 0 Å². The van der Waals surface area contributed by atoms with Gasteiger partial charge in [-0.2, -0.15) is 0 Å². The van der Waals surface area contributed by atoms with Gasteiger partial charge in [0.25, 0.3) is 0 Å². The molecule has 0 aromatic rings. The van der Waals surface area contributed by atoms with Crippen LogP contribution in [0, 0.1) is 0 Å². The van der Waals surface area contributed by atoms with Gasteiger partial charge in [0.1, 0.15) is 0 Å². The highest BCUT2D eigenvalue weighted by atomic mass is 13.9. The lowest BCUT2D eigenvalue weighted by atomic mass is 10.1. The first-order chi connectivity index (χ1) is 5.91. The van der Waals surface area contributed by atoms with Crippen molar-refractivity contribution in [1.82, 2.24) is 0 Å². The minimum Gasteiger partial charge on any atom is -0.0914 e. The summed E-state index contributed by atoms with van der Waals surface area (Å²) in [6.07, 6.45) is 16.7. The first kappa shape index (κ1) is 11.5. The van der Waals surface area contributed by atoms with Crippen molar-refractivity contribution in [3.05, 3.63) is 24.3 Å². The highest BCUT2D eigenvalue weighted by Crippen LogP contribution is 2.03. The molecule has 0 amide bonds. The van der Waals surface area contributed by atoms with Gasteiger partial charge >= 0.3 is 0 Å². The average Bonchev–Trinajstić information content (AvgIpc) is 2.10. The second-order valence-electron chi connectivity index (χ2n) is 3.13. The first-order valence-corrected chi connectivity index (χ1v) is 5.18. The highest BCUT2D eigenvalue weighted by molar-refractivity contribution is 4.91. The quantitative estimate of drug-likeness (QED) is 0.386. The first-order valence-electron chi connectivity index (χ1n) is 5.18. The van der Waals surface area contributed by atoms with Gasteiger partial charge < -0.3 is 0 Å². The SMILES string of the molecule is C/C=C\C/C=C\CCCCCC. The lowest BCUT2D eigenvalue weighted by Gasteiger charge is -1.93. The minimum absolute atomic E-state index is 1.10. The number of hydrogen-bond acceptors (Lipinski definition) is 0. The van der Waals surface area contributed by atoms with Gasteiger partial charge in [0.05, 0.1) is 0 Å². The van der Waals surface area contributed by atoms with Crippen LogP contribution in [0.3, 0.4) is 0 Å². The standard InChI is InChI=1S/C12H22/c1-3-5-7-9-11-12-10-8-6-4-2/h3,5,9,11H,4,6-8,10,12H2,1-2H3/b5-3-,11-9-. The minimum atomic E-state index is 1.10. The van der Waals surface area contributed by atoms with E-state index in [0.29, 0.717) is 0 Å². The zero-order valence-corrected chi connectivity index (χ0v) is 8.55. The van der Waals surface area contributed by atoms with Crippen LogP contribution in [0.2, 0.25) is 0 Å². The van der Waals surface area contributed by atoms with Crippen LogP contribution in [0.1, 0.15) is 52.4 Å². The summed E-state index contributed by atoms with van der Waals surface area (Å²) < 4.78 is 0. The van der Waals surface area contributed by atoms with Gasteiger partial charge in [-0.25, -0.2) is 0 Å². The molecule has 0 bridgehead atoms. The Morgan fingerprint density at radius 1 is 0.917 bits per heavy atom. The Morgan fingerprint density at radius 2 is 1.75 bits per heavy atom. The molecule has 0 heteroatoms. The molecule has 0 aromatic heterocycles. The molecule has 0 spiro atoms. The number of unbranched alkanes of at least 4 members (excludes halogenated alkanes) is 4. The molecule has 0 nitrogen and oxygen atoms in total. The molecule has 0 rings (SSSR count). The zero-order chi connectivity index (χ0) is 9.07. The van der Waals surface area contributed by atoms with Crippen LogP contribution >= 0.6 is 0 Å². The van der Waals surface area contributed by atoms with Gasteiger partial charge in [0.2, 0.25) is 0 Å². The maximum absolute atomic E-state index is 2.30. The van der Waals surface area contributed by atoms with Gasteiger partial charge in [-0.05, 0) is 26.2 Å². The second kappa shape index (κ2) is 10.5. The smallest absolute Gasteiger partial charge is 0.0169 e. The Morgan fingerprint density at radius 3 is 2.42 bits per heavy atom. The van der Waals surface area contributed by atoms with Crippen LogP contribution in [0.25, 0.3) is 0 Å². The third-order valence-corrected chi connectivity index (χ3v) is 1.90. The Labute approximate surface area is 77.4 Å². The van der Waals surface area contributed by atoms with E-state index < -0.39 is 0 Å². The lowest BCUT2D eigenvalue weighted by Crippen LogP contribution is -1.73. The van der Waals surface area contributed by atoms with Crippen molar-refractivity contribution >= 4 is 0 Å². The Kier molecular flexibility index (Phi) is 10.0. The van der Waals surface area contributed by atoms with E-state index in [0.717, 1.165) is 6.42 Å². The van der Waals surface area contributed by atoms with Crippen molar-refractivity contribution in [2.24, 2.45) is 0 Å². The number of allylic oxidation sites excluding steroid dienone is 4. The molecule has 0 aromatic carbocycles. The maximum atomic E-state index is 2.30. The Bertz CT molecular complexity index is 120. The van der Waals surface area contributed by atoms with Crippen LogP contribution in [-0.2, 0) is 0 Å². The molecule has 0 aliphatic rings. The molecule has 0 aliphatic heterocycles. The fraction of sp³-hybridized carbons (Fsp3) is 0.667. The summed E-state index contributed by atoms with van der Waals surface area (Å²) in [7, 11) is 0. The van der Waals surface area contributed by atoms with Crippen LogP contribution in [-0.4, -0.2) is 0 Å². The second-order valence-corrected chi connectivity index (χ2v) is 3.13. The molecule has 0 N–H and O–H groups in total. The van der Waals surface area contributed by atoms with E-state index in [-0.39, 0.29) is 0 Å². The molecule has 0 unspecified atom stereocenters. The van der Waals surface area contributed by atoms with Crippen molar-refractivity contribution in [3.63, 3.8) is 0 Å². The summed E-state index contributed by atoms with van der Waals surface area (Å²) >= 11 is 0. The van der Waals surface area contributed by atoms with Crippen molar-refractivity contribution in [3.8, 4) is 0 Å². The van der Waals surface area contributed by atoms with E-state index in [1.165, 1.54) is 32.1 Å². The van der Waals surface area contributed by atoms with Crippen LogP contribution < -0.4 is 0 Å². The van der Waals surface area contributed by atoms with E-state index in [4.69, 9.17) is 0 Å². The van der Waals surface area contributed by atoms with Gasteiger partial charge in [-0.15, -0.1) is 0 Å². The summed E-state index contributed by atoms with van der Waals surface area (Å²) in [5.41, 5.74) is 0. The molecule has 0 fully saturated rings. The maximum Gasteiger partial charge on any atom is -0.0169 e. The fourth-order valence-corrected chi connectivity index (χ4v) is 1.12. The average molecular weight is 166 g/mol. The predicted molar refractivity (Wildman–Crippen MR) is 57.3 cm³/mol. The molecule has 0 saturated heterocycles. The number of hydrogen-bond donors (Lipinski definition) is 0. The topological polar surface area (TPSA) is 0 Å². The van der Waals surface area contributed by atoms with Crippen LogP contribution in [0.4, 0.5) is 0 Å². The van der Waals surface area contributed by atoms with Crippen molar-refractivity contribution in [2.75, 3.05) is 0 Å². The molecule has 0 saturated carbocycles. The summed E-state index contributed by atoms with van der Waals surface area (Å²) in [4.78, 5) is 0. The summed E-state index contributed by atoms with van der Waals surface area (Å²) in [5.74, 6) is 0. The Balaban J connectivity index is 3.02. The summed E-state index contributed by atoms with van der Waals surface area (Å²) in [5, 5.41) is 0. The van der Waals surface area contributed by atoms with E-state index in [9.17, 15) is 0 Å². The van der Waals surface area contributed by atoms with E-state index in [1.807, 2.05) is 0 Å². The highest BCUT2D eigenvalue weighted by Gasteiger charge is 1.83.